The Morgan fingerprint density at radius 2 is 1.58 bits per heavy atom. The molecular weight excluding hydrogens is 594 g/mol. The number of fused-ring (bicyclic) bond motifs is 1. The van der Waals surface area contributed by atoms with E-state index >= 15 is 0 Å². The van der Waals surface area contributed by atoms with E-state index in [0.717, 1.165) is 69.1 Å². The van der Waals surface area contributed by atoms with Gasteiger partial charge in [-0.3, -0.25) is 14.7 Å². The molecule has 0 atom stereocenters. The molecule has 2 aliphatic rings. The number of halogens is 6. The maximum absolute atomic E-state index is 12.5. The summed E-state index contributed by atoms with van der Waals surface area (Å²) in [6.45, 7) is 6.86. The molecule has 0 radical (unpaired) electrons. The Morgan fingerprint density at radius 1 is 1.00 bits per heavy atom. The van der Waals surface area contributed by atoms with Crippen LogP contribution in [-0.4, -0.2) is 98.4 Å². The van der Waals surface area contributed by atoms with Gasteiger partial charge in [-0.05, 0) is 56.8 Å². The van der Waals surface area contributed by atoms with Crippen LogP contribution in [0.4, 0.5) is 26.3 Å². The van der Waals surface area contributed by atoms with E-state index in [9.17, 15) is 31.1 Å². The maximum Gasteiger partial charge on any atom is 0.490 e. The van der Waals surface area contributed by atoms with Gasteiger partial charge in [-0.1, -0.05) is 6.07 Å². The minimum Gasteiger partial charge on any atom is -0.475 e. The number of nitrogens with one attached hydrogen (secondary N) is 1. The number of nitrogens with zero attached hydrogens (tertiary/aromatic N) is 5. The van der Waals surface area contributed by atoms with E-state index in [0.29, 0.717) is 19.0 Å². The Hall–Kier alpha value is -3.80. The van der Waals surface area contributed by atoms with E-state index in [2.05, 4.69) is 37.5 Å². The molecule has 240 valence electrons. The molecule has 1 spiro atoms. The third kappa shape index (κ3) is 11.1. The molecule has 1 saturated heterocycles. The van der Waals surface area contributed by atoms with E-state index in [1.807, 2.05) is 17.6 Å². The molecule has 43 heavy (non-hydrogen) atoms. The predicted octanol–water partition coefficient (Wildman–Crippen LogP) is 2.85. The first-order chi connectivity index (χ1) is 20.0. The van der Waals surface area contributed by atoms with Crippen molar-refractivity contribution in [2.45, 2.75) is 58.0 Å². The van der Waals surface area contributed by atoms with Gasteiger partial charge in [0.1, 0.15) is 5.82 Å². The van der Waals surface area contributed by atoms with Crippen LogP contribution in [0.3, 0.4) is 0 Å². The summed E-state index contributed by atoms with van der Waals surface area (Å²) in [4.78, 5) is 37.4. The molecule has 1 amide bonds. The number of carboxylic acid groups (broad SMARTS) is 2. The third-order valence-corrected chi connectivity index (χ3v) is 6.73. The lowest BCUT2D eigenvalue weighted by atomic mass is 9.73. The van der Waals surface area contributed by atoms with Crippen molar-refractivity contribution >= 4 is 17.8 Å². The fourth-order valence-corrected chi connectivity index (χ4v) is 4.50. The molecule has 2 aromatic rings. The largest absolute Gasteiger partial charge is 0.490 e. The number of carbonyl (C=O) groups excluding carboxylic acids is 1. The number of amides is 1. The lowest BCUT2D eigenvalue weighted by Gasteiger charge is -2.44. The zero-order valence-corrected chi connectivity index (χ0v) is 23.3. The fraction of sp³-hybridized carbons (Fsp3) is 0.600. The molecule has 2 aromatic heterocycles. The van der Waals surface area contributed by atoms with Gasteiger partial charge < -0.3 is 24.8 Å². The first-order valence-corrected chi connectivity index (χ1v) is 12.9. The minimum absolute atomic E-state index is 0.166. The summed E-state index contributed by atoms with van der Waals surface area (Å²) < 4.78 is 70.5. The van der Waals surface area contributed by atoms with Gasteiger partial charge in [0.2, 0.25) is 5.82 Å². The molecule has 3 N–H and O–H groups in total. The standard InChI is InChI=1S/C21H30N6O2.2C2HF3O2/c1-16-4-3-5-17(23-16)14-26-11-8-21(9-12-26)7-6-18-24-25-19(27(18)15-21)20(28)22-10-13-29-2;2*3-2(4,5)1(6)7/h3-5H,6-15H2,1-2H3,(H,22,28);2*(H,6,7). The number of ether oxygens (including phenoxy) is 1. The number of aryl methyl sites for hydroxylation is 2. The number of rotatable bonds is 6. The van der Waals surface area contributed by atoms with Crippen molar-refractivity contribution in [2.75, 3.05) is 33.4 Å². The van der Waals surface area contributed by atoms with Gasteiger partial charge in [0.15, 0.2) is 0 Å². The molecule has 4 rings (SSSR count). The number of pyridine rings is 1. The monoisotopic (exact) mass is 626 g/mol. The van der Waals surface area contributed by atoms with Gasteiger partial charge in [-0.25, -0.2) is 9.59 Å². The Bertz CT molecular complexity index is 1220. The molecule has 0 saturated carbocycles. The molecule has 0 aromatic carbocycles. The number of alkyl halides is 6. The second-order valence-electron chi connectivity index (χ2n) is 9.93. The van der Waals surface area contributed by atoms with Crippen molar-refractivity contribution in [1.82, 2.24) is 30.0 Å². The van der Waals surface area contributed by atoms with Crippen molar-refractivity contribution in [3.8, 4) is 0 Å². The summed E-state index contributed by atoms with van der Waals surface area (Å²) in [5.74, 6) is -4.32. The number of carbonyl (C=O) groups is 3. The first-order valence-electron chi connectivity index (χ1n) is 12.9. The fourth-order valence-electron chi connectivity index (χ4n) is 4.50. The molecule has 12 nitrogen and oxygen atoms in total. The SMILES string of the molecule is COCCNC(=O)c1nnc2n1CC1(CC2)CCN(Cc2cccc(C)n2)CC1.O=C(O)C(F)(F)F.O=C(O)C(F)(F)F. The Kier molecular flexibility index (Phi) is 12.4. The van der Waals surface area contributed by atoms with Crippen LogP contribution in [0.25, 0.3) is 0 Å². The number of carboxylic acids is 2. The highest BCUT2D eigenvalue weighted by molar-refractivity contribution is 5.90. The van der Waals surface area contributed by atoms with Crippen molar-refractivity contribution in [3.63, 3.8) is 0 Å². The van der Waals surface area contributed by atoms with Crippen LogP contribution in [0.15, 0.2) is 18.2 Å². The quantitative estimate of drug-likeness (QED) is 0.322. The van der Waals surface area contributed by atoms with Gasteiger partial charge >= 0.3 is 24.3 Å². The molecule has 4 heterocycles. The number of hydrogen-bond donors (Lipinski definition) is 3. The number of aromatic nitrogens is 4. The summed E-state index contributed by atoms with van der Waals surface area (Å²) in [5.41, 5.74) is 2.44. The number of piperidine rings is 1. The van der Waals surface area contributed by atoms with E-state index in [4.69, 9.17) is 24.5 Å². The van der Waals surface area contributed by atoms with Crippen LogP contribution >= 0.6 is 0 Å². The number of methoxy groups -OCH3 is 1. The average Bonchev–Trinajstić information content (AvgIpc) is 3.33. The van der Waals surface area contributed by atoms with Crippen LogP contribution < -0.4 is 5.32 Å². The Morgan fingerprint density at radius 3 is 2.09 bits per heavy atom. The van der Waals surface area contributed by atoms with Crippen molar-refractivity contribution in [3.05, 3.63) is 41.2 Å². The topological polar surface area (TPSA) is 160 Å². The lowest BCUT2D eigenvalue weighted by Crippen LogP contribution is -2.45. The Balaban J connectivity index is 0.000000384. The van der Waals surface area contributed by atoms with Gasteiger partial charge in [-0.2, -0.15) is 26.3 Å². The van der Waals surface area contributed by atoms with E-state index in [-0.39, 0.29) is 11.3 Å². The Labute approximate surface area is 242 Å². The summed E-state index contributed by atoms with van der Waals surface area (Å²) in [6, 6.07) is 6.23. The summed E-state index contributed by atoms with van der Waals surface area (Å²) >= 11 is 0. The molecular formula is C25H32F6N6O6. The lowest BCUT2D eigenvalue weighted by molar-refractivity contribution is -0.193. The summed E-state index contributed by atoms with van der Waals surface area (Å²) in [5, 5.41) is 25.6. The van der Waals surface area contributed by atoms with Crippen molar-refractivity contribution < 1.29 is 55.7 Å². The molecule has 18 heteroatoms. The normalized spacial score (nSPS) is 16.2. The van der Waals surface area contributed by atoms with Gasteiger partial charge in [0, 0.05) is 38.9 Å². The van der Waals surface area contributed by atoms with Crippen molar-refractivity contribution in [2.24, 2.45) is 5.41 Å². The molecule has 0 bridgehead atoms. The molecule has 2 aliphatic heterocycles. The van der Waals surface area contributed by atoms with E-state index < -0.39 is 24.3 Å². The molecule has 0 aliphatic carbocycles. The second kappa shape index (κ2) is 15.1. The maximum atomic E-state index is 12.5. The number of aliphatic carboxylic acids is 2. The highest BCUT2D eigenvalue weighted by Gasteiger charge is 2.40. The zero-order valence-electron chi connectivity index (χ0n) is 23.3. The van der Waals surface area contributed by atoms with Gasteiger partial charge in [0.05, 0.1) is 12.3 Å². The average molecular weight is 627 g/mol. The molecule has 0 unspecified atom stereocenters. The van der Waals surface area contributed by atoms with Crippen LogP contribution in [-0.2, 0) is 33.8 Å². The van der Waals surface area contributed by atoms with Gasteiger partial charge in [0.25, 0.3) is 5.91 Å². The predicted molar refractivity (Wildman–Crippen MR) is 136 cm³/mol. The number of hydrogen-bond acceptors (Lipinski definition) is 8. The molecule has 1 fully saturated rings. The van der Waals surface area contributed by atoms with Crippen LogP contribution in [0.2, 0.25) is 0 Å². The van der Waals surface area contributed by atoms with E-state index in [1.165, 1.54) is 0 Å². The summed E-state index contributed by atoms with van der Waals surface area (Å²) in [6.07, 6.45) is -5.91. The van der Waals surface area contributed by atoms with Crippen molar-refractivity contribution in [1.29, 1.82) is 0 Å². The first kappa shape index (κ1) is 35.4. The highest BCUT2D eigenvalue weighted by Crippen LogP contribution is 2.41. The number of likely N-dealkylation sites (tertiary alicyclic amines) is 1. The van der Waals surface area contributed by atoms with Crippen LogP contribution in [0.5, 0.6) is 0 Å². The third-order valence-electron chi connectivity index (χ3n) is 6.73. The second-order valence-corrected chi connectivity index (χ2v) is 9.93. The smallest absolute Gasteiger partial charge is 0.475 e. The highest BCUT2D eigenvalue weighted by atomic mass is 19.4. The van der Waals surface area contributed by atoms with Gasteiger partial charge in [-0.15, -0.1) is 10.2 Å². The minimum atomic E-state index is -5.08. The zero-order chi connectivity index (χ0) is 32.4. The van der Waals surface area contributed by atoms with E-state index in [1.54, 1.807) is 7.11 Å². The van der Waals surface area contributed by atoms with Crippen LogP contribution in [0.1, 0.15) is 47.1 Å². The van der Waals surface area contributed by atoms with Crippen LogP contribution in [0, 0.1) is 12.3 Å². The summed E-state index contributed by atoms with van der Waals surface area (Å²) in [7, 11) is 1.62.